The lowest BCUT2D eigenvalue weighted by atomic mass is 9.97. The number of para-hydroxylation sites is 1. The summed E-state index contributed by atoms with van der Waals surface area (Å²) in [5.74, 6) is 1.01. The maximum Gasteiger partial charge on any atom is 0.193 e. The summed E-state index contributed by atoms with van der Waals surface area (Å²) in [5.41, 5.74) is 3.69. The Hall–Kier alpha value is -2.87. The van der Waals surface area contributed by atoms with E-state index in [0.717, 1.165) is 28.0 Å². The van der Waals surface area contributed by atoms with Gasteiger partial charge in [0, 0.05) is 11.1 Å². The van der Waals surface area contributed by atoms with E-state index in [9.17, 15) is 4.79 Å². The standard InChI is InChI=1S/C15H14O.C7H8O.2C2H6/c1-11-8-9-12(2)14(10-11)15(16)13-6-4-3-5-7-13;1-8-7-5-3-2-4-6-7;2*1-2/h3-10H,1-2H3;2-6H,1H3;2*1-2H3. The minimum atomic E-state index is 0.0989. The second kappa shape index (κ2) is 15.2. The predicted octanol–water partition coefficient (Wildman–Crippen LogP) is 7.28. The summed E-state index contributed by atoms with van der Waals surface area (Å²) in [5, 5.41) is 0. The third-order valence-electron chi connectivity index (χ3n) is 3.65. The van der Waals surface area contributed by atoms with Gasteiger partial charge in [-0.15, -0.1) is 0 Å². The van der Waals surface area contributed by atoms with E-state index in [1.54, 1.807) is 7.11 Å². The van der Waals surface area contributed by atoms with Gasteiger partial charge in [-0.05, 0) is 37.6 Å². The first-order valence-electron chi connectivity index (χ1n) is 9.88. The largest absolute Gasteiger partial charge is 0.497 e. The molecule has 0 fully saturated rings. The van der Waals surface area contributed by atoms with Crippen molar-refractivity contribution in [2.45, 2.75) is 41.5 Å². The zero-order chi connectivity index (χ0) is 21.4. The smallest absolute Gasteiger partial charge is 0.193 e. The van der Waals surface area contributed by atoms with Crippen molar-refractivity contribution in [1.29, 1.82) is 0 Å². The van der Waals surface area contributed by atoms with Gasteiger partial charge >= 0.3 is 0 Å². The Bertz CT molecular complexity index is 778. The van der Waals surface area contributed by atoms with E-state index in [0.29, 0.717) is 0 Å². The molecule has 2 heteroatoms. The summed E-state index contributed by atoms with van der Waals surface area (Å²) >= 11 is 0. The molecule has 0 aliphatic rings. The number of methoxy groups -OCH3 is 1. The highest BCUT2D eigenvalue weighted by molar-refractivity contribution is 6.09. The van der Waals surface area contributed by atoms with Crippen LogP contribution < -0.4 is 4.74 Å². The van der Waals surface area contributed by atoms with Gasteiger partial charge in [0.05, 0.1) is 7.11 Å². The Morgan fingerprint density at radius 3 is 1.68 bits per heavy atom. The second-order valence-corrected chi connectivity index (χ2v) is 5.53. The molecule has 0 bridgehead atoms. The fourth-order valence-electron chi connectivity index (χ4n) is 2.28. The van der Waals surface area contributed by atoms with E-state index < -0.39 is 0 Å². The van der Waals surface area contributed by atoms with Crippen LogP contribution in [0.2, 0.25) is 0 Å². The van der Waals surface area contributed by atoms with Crippen LogP contribution in [0.4, 0.5) is 0 Å². The van der Waals surface area contributed by atoms with Crippen molar-refractivity contribution in [3.8, 4) is 5.75 Å². The first-order chi connectivity index (χ1) is 13.6. The SMILES string of the molecule is CC.CC.COc1ccccc1.Cc1ccc(C)c(C(=O)c2ccccc2)c1. The second-order valence-electron chi connectivity index (χ2n) is 5.53. The molecule has 3 aromatic carbocycles. The molecule has 0 aromatic heterocycles. The van der Waals surface area contributed by atoms with Crippen LogP contribution in [0.15, 0.2) is 78.9 Å². The Labute approximate surface area is 171 Å². The number of rotatable bonds is 3. The van der Waals surface area contributed by atoms with Crippen LogP contribution in [0.3, 0.4) is 0 Å². The van der Waals surface area contributed by atoms with Crippen LogP contribution in [-0.4, -0.2) is 12.9 Å². The maximum absolute atomic E-state index is 12.2. The molecule has 3 rings (SSSR count). The third-order valence-corrected chi connectivity index (χ3v) is 3.65. The van der Waals surface area contributed by atoms with Gasteiger partial charge in [0.15, 0.2) is 5.78 Å². The van der Waals surface area contributed by atoms with Gasteiger partial charge in [-0.25, -0.2) is 0 Å². The molecule has 0 N–H and O–H groups in total. The number of benzene rings is 3. The van der Waals surface area contributed by atoms with Crippen LogP contribution in [0.1, 0.15) is 54.7 Å². The van der Waals surface area contributed by atoms with Gasteiger partial charge in [-0.1, -0.05) is 93.9 Å². The van der Waals surface area contributed by atoms with Gasteiger partial charge in [0.1, 0.15) is 5.75 Å². The number of hydrogen-bond donors (Lipinski definition) is 0. The molecule has 0 aliphatic carbocycles. The Kier molecular flexibility index (Phi) is 13.7. The molecular weight excluding hydrogens is 344 g/mol. The summed E-state index contributed by atoms with van der Waals surface area (Å²) in [6.07, 6.45) is 0. The number of ether oxygens (including phenoxy) is 1. The van der Waals surface area contributed by atoms with Gasteiger partial charge in [0.25, 0.3) is 0 Å². The predicted molar refractivity (Wildman–Crippen MR) is 121 cm³/mol. The maximum atomic E-state index is 12.2. The van der Waals surface area contributed by atoms with Crippen molar-refractivity contribution in [2.24, 2.45) is 0 Å². The molecule has 0 radical (unpaired) electrons. The van der Waals surface area contributed by atoms with E-state index in [-0.39, 0.29) is 5.78 Å². The highest BCUT2D eigenvalue weighted by atomic mass is 16.5. The summed E-state index contributed by atoms with van der Waals surface area (Å²) in [7, 11) is 1.66. The lowest BCUT2D eigenvalue weighted by Gasteiger charge is -2.06. The Morgan fingerprint density at radius 2 is 1.21 bits per heavy atom. The van der Waals surface area contributed by atoms with Crippen molar-refractivity contribution in [2.75, 3.05) is 7.11 Å². The summed E-state index contributed by atoms with van der Waals surface area (Å²) in [4.78, 5) is 12.2. The first-order valence-corrected chi connectivity index (χ1v) is 9.88. The van der Waals surface area contributed by atoms with Crippen molar-refractivity contribution in [3.63, 3.8) is 0 Å². The van der Waals surface area contributed by atoms with Gasteiger partial charge in [-0.2, -0.15) is 0 Å². The zero-order valence-corrected chi connectivity index (χ0v) is 18.3. The van der Waals surface area contributed by atoms with Crippen molar-refractivity contribution in [3.05, 3.63) is 101 Å². The molecule has 2 nitrogen and oxygen atoms in total. The Morgan fingerprint density at radius 1 is 0.714 bits per heavy atom. The summed E-state index contributed by atoms with van der Waals surface area (Å²) in [6.45, 7) is 12.0. The molecule has 0 unspecified atom stereocenters. The average molecular weight is 379 g/mol. The highest BCUT2D eigenvalue weighted by Gasteiger charge is 2.10. The molecule has 28 heavy (non-hydrogen) atoms. The van der Waals surface area contributed by atoms with Gasteiger partial charge < -0.3 is 4.74 Å². The summed E-state index contributed by atoms with van der Waals surface area (Å²) in [6, 6.07) is 25.0. The number of aryl methyl sites for hydroxylation is 2. The number of hydrogen-bond acceptors (Lipinski definition) is 2. The molecule has 0 aliphatic heterocycles. The van der Waals surface area contributed by atoms with E-state index in [2.05, 4.69) is 0 Å². The molecule has 0 atom stereocenters. The Balaban J connectivity index is 0.000000511. The molecule has 150 valence electrons. The van der Waals surface area contributed by atoms with Crippen LogP contribution >= 0.6 is 0 Å². The summed E-state index contributed by atoms with van der Waals surface area (Å²) < 4.78 is 4.91. The van der Waals surface area contributed by atoms with Crippen molar-refractivity contribution >= 4 is 5.78 Å². The molecule has 0 amide bonds. The number of carbonyl (C=O) groups excluding carboxylic acids is 1. The normalized spacial score (nSPS) is 8.68. The third kappa shape index (κ3) is 8.68. The van der Waals surface area contributed by atoms with Crippen LogP contribution in [0.25, 0.3) is 0 Å². The topological polar surface area (TPSA) is 26.3 Å². The molecule has 0 heterocycles. The lowest BCUT2D eigenvalue weighted by Crippen LogP contribution is -2.03. The van der Waals surface area contributed by atoms with Crippen molar-refractivity contribution < 1.29 is 9.53 Å². The highest BCUT2D eigenvalue weighted by Crippen LogP contribution is 2.15. The van der Waals surface area contributed by atoms with E-state index in [1.807, 2.05) is 120 Å². The first kappa shape index (κ1) is 25.1. The monoisotopic (exact) mass is 378 g/mol. The number of carbonyl (C=O) groups is 1. The molecule has 3 aromatic rings. The lowest BCUT2D eigenvalue weighted by molar-refractivity contribution is 0.103. The average Bonchev–Trinajstić information content (AvgIpc) is 2.79. The van der Waals surface area contributed by atoms with Crippen LogP contribution in [0, 0.1) is 13.8 Å². The molecular formula is C26H34O2. The van der Waals surface area contributed by atoms with Crippen LogP contribution in [-0.2, 0) is 0 Å². The molecule has 0 spiro atoms. The van der Waals surface area contributed by atoms with Crippen molar-refractivity contribution in [1.82, 2.24) is 0 Å². The molecule has 0 saturated heterocycles. The zero-order valence-electron chi connectivity index (χ0n) is 18.3. The van der Waals surface area contributed by atoms with Gasteiger partial charge in [-0.3, -0.25) is 4.79 Å². The van der Waals surface area contributed by atoms with Crippen LogP contribution in [0.5, 0.6) is 5.75 Å². The van der Waals surface area contributed by atoms with E-state index in [1.165, 1.54) is 0 Å². The number of ketones is 1. The van der Waals surface area contributed by atoms with Gasteiger partial charge in [0.2, 0.25) is 0 Å². The fourth-order valence-corrected chi connectivity index (χ4v) is 2.28. The minimum Gasteiger partial charge on any atom is -0.497 e. The molecule has 0 saturated carbocycles. The van der Waals surface area contributed by atoms with E-state index >= 15 is 0 Å². The fraction of sp³-hybridized carbons (Fsp3) is 0.269. The van der Waals surface area contributed by atoms with E-state index in [4.69, 9.17) is 4.74 Å². The minimum absolute atomic E-state index is 0.0989. The quantitative estimate of drug-likeness (QED) is 0.448.